The first kappa shape index (κ1) is 13.6. The van der Waals surface area contributed by atoms with Crippen LogP contribution in [0, 0.1) is 13.8 Å². The second-order valence-electron chi connectivity index (χ2n) is 4.41. The van der Waals surface area contributed by atoms with Crippen molar-refractivity contribution in [1.82, 2.24) is 4.98 Å². The zero-order valence-corrected chi connectivity index (χ0v) is 11.7. The van der Waals surface area contributed by atoms with Crippen LogP contribution in [0.25, 0.3) is 0 Å². The molecule has 98 valence electrons. The predicted octanol–water partition coefficient (Wildman–Crippen LogP) is 3.69. The number of carbonyl (C=O) groups is 1. The summed E-state index contributed by atoms with van der Waals surface area (Å²) in [5, 5.41) is 9.83. The molecule has 0 saturated heterocycles. The number of aromatic carboxylic acids is 1. The number of thioether (sulfide) groups is 1. The minimum atomic E-state index is -0.893. The molecular formula is C15H15NO2S. The molecule has 3 nitrogen and oxygen atoms in total. The third kappa shape index (κ3) is 3.83. The Hall–Kier alpha value is -1.81. The van der Waals surface area contributed by atoms with Gasteiger partial charge in [0.05, 0.1) is 10.6 Å². The molecule has 1 aromatic heterocycles. The van der Waals surface area contributed by atoms with Gasteiger partial charge in [-0.05, 0) is 49.2 Å². The molecule has 1 N–H and O–H groups in total. The lowest BCUT2D eigenvalue weighted by atomic mass is 10.1. The molecule has 2 rings (SSSR count). The number of rotatable bonds is 4. The van der Waals surface area contributed by atoms with Crippen molar-refractivity contribution >= 4 is 17.7 Å². The van der Waals surface area contributed by atoms with Gasteiger partial charge in [-0.15, -0.1) is 11.8 Å². The van der Waals surface area contributed by atoms with Crippen LogP contribution < -0.4 is 0 Å². The van der Waals surface area contributed by atoms with Gasteiger partial charge in [-0.2, -0.15) is 0 Å². The first-order valence-electron chi connectivity index (χ1n) is 5.95. The van der Waals surface area contributed by atoms with Gasteiger partial charge in [0, 0.05) is 11.4 Å². The summed E-state index contributed by atoms with van der Waals surface area (Å²) >= 11 is 1.66. The van der Waals surface area contributed by atoms with E-state index in [1.165, 1.54) is 5.56 Å². The Labute approximate surface area is 116 Å². The van der Waals surface area contributed by atoms with Crippen molar-refractivity contribution in [1.29, 1.82) is 0 Å². The van der Waals surface area contributed by atoms with Gasteiger partial charge in [-0.25, -0.2) is 9.78 Å². The molecule has 4 heteroatoms. The smallest absolute Gasteiger partial charge is 0.335 e. The molecule has 0 aliphatic carbocycles. The van der Waals surface area contributed by atoms with Crippen molar-refractivity contribution in [2.45, 2.75) is 24.6 Å². The molecule has 19 heavy (non-hydrogen) atoms. The van der Waals surface area contributed by atoms with Crippen molar-refractivity contribution in [3.8, 4) is 0 Å². The maximum absolute atomic E-state index is 10.8. The summed E-state index contributed by atoms with van der Waals surface area (Å²) < 4.78 is 0. The standard InChI is InChI=1S/C15H15NO2S/c1-10-7-11(2)16-14(8-10)19-9-12-3-5-13(6-4-12)15(17)18/h3-8H,9H2,1-2H3,(H,17,18). The van der Waals surface area contributed by atoms with E-state index in [2.05, 4.69) is 18.0 Å². The summed E-state index contributed by atoms with van der Waals surface area (Å²) in [7, 11) is 0. The SMILES string of the molecule is Cc1cc(C)nc(SCc2ccc(C(=O)O)cc2)c1. The normalized spacial score (nSPS) is 10.4. The Bertz CT molecular complexity index is 573. The Morgan fingerprint density at radius 3 is 2.47 bits per heavy atom. The fraction of sp³-hybridized carbons (Fsp3) is 0.200. The molecule has 0 aliphatic rings. The molecule has 0 aliphatic heterocycles. The monoisotopic (exact) mass is 273 g/mol. The number of carboxylic acid groups (broad SMARTS) is 1. The van der Waals surface area contributed by atoms with E-state index >= 15 is 0 Å². The molecule has 0 saturated carbocycles. The second-order valence-corrected chi connectivity index (χ2v) is 5.41. The number of hydrogen-bond acceptors (Lipinski definition) is 3. The van der Waals surface area contributed by atoms with Gasteiger partial charge < -0.3 is 5.11 Å². The highest BCUT2D eigenvalue weighted by atomic mass is 32.2. The van der Waals surface area contributed by atoms with E-state index in [1.54, 1.807) is 23.9 Å². The lowest BCUT2D eigenvalue weighted by Crippen LogP contribution is -1.95. The van der Waals surface area contributed by atoms with Crippen LogP contribution in [0.2, 0.25) is 0 Å². The van der Waals surface area contributed by atoms with Gasteiger partial charge in [0.2, 0.25) is 0 Å². The van der Waals surface area contributed by atoms with Crippen LogP contribution in [-0.2, 0) is 5.75 Å². The number of benzene rings is 1. The fourth-order valence-electron chi connectivity index (χ4n) is 1.78. The summed E-state index contributed by atoms with van der Waals surface area (Å²) in [6.07, 6.45) is 0. The number of pyridine rings is 1. The van der Waals surface area contributed by atoms with Crippen molar-refractivity contribution in [2.24, 2.45) is 0 Å². The molecule has 1 heterocycles. The summed E-state index contributed by atoms with van der Waals surface area (Å²) in [6, 6.07) is 11.1. The average Bonchev–Trinajstić information content (AvgIpc) is 2.36. The molecule has 0 fully saturated rings. The fourth-order valence-corrected chi connectivity index (χ4v) is 2.76. The van der Waals surface area contributed by atoms with Crippen LogP contribution in [-0.4, -0.2) is 16.1 Å². The third-order valence-electron chi connectivity index (χ3n) is 2.66. The van der Waals surface area contributed by atoms with Crippen molar-refractivity contribution in [3.05, 3.63) is 58.8 Å². The van der Waals surface area contributed by atoms with E-state index in [0.717, 1.165) is 22.0 Å². The van der Waals surface area contributed by atoms with Gasteiger partial charge in [0.1, 0.15) is 0 Å². The summed E-state index contributed by atoms with van der Waals surface area (Å²) in [5.41, 5.74) is 3.63. The van der Waals surface area contributed by atoms with E-state index in [0.29, 0.717) is 5.56 Å². The maximum Gasteiger partial charge on any atom is 0.335 e. The predicted molar refractivity (Wildman–Crippen MR) is 76.7 cm³/mol. The molecule has 0 spiro atoms. The average molecular weight is 273 g/mol. The zero-order valence-electron chi connectivity index (χ0n) is 10.9. The number of carboxylic acids is 1. The Morgan fingerprint density at radius 1 is 1.21 bits per heavy atom. The minimum Gasteiger partial charge on any atom is -0.478 e. The lowest BCUT2D eigenvalue weighted by molar-refractivity contribution is 0.0697. The van der Waals surface area contributed by atoms with Crippen molar-refractivity contribution < 1.29 is 9.90 Å². The van der Waals surface area contributed by atoms with Crippen molar-refractivity contribution in [2.75, 3.05) is 0 Å². The molecule has 1 aromatic carbocycles. The third-order valence-corrected chi connectivity index (χ3v) is 3.64. The zero-order chi connectivity index (χ0) is 13.8. The largest absolute Gasteiger partial charge is 0.478 e. The number of nitrogens with zero attached hydrogens (tertiary/aromatic N) is 1. The molecule has 2 aromatic rings. The maximum atomic E-state index is 10.8. The molecular weight excluding hydrogens is 258 g/mol. The molecule has 0 radical (unpaired) electrons. The second kappa shape index (κ2) is 5.89. The van der Waals surface area contributed by atoms with E-state index in [-0.39, 0.29) is 0 Å². The van der Waals surface area contributed by atoms with E-state index in [1.807, 2.05) is 25.1 Å². The molecule has 0 bridgehead atoms. The minimum absolute atomic E-state index is 0.318. The van der Waals surface area contributed by atoms with Crippen LogP contribution in [0.4, 0.5) is 0 Å². The van der Waals surface area contributed by atoms with Gasteiger partial charge in [-0.1, -0.05) is 12.1 Å². The molecule has 0 atom stereocenters. The van der Waals surface area contributed by atoms with Crippen molar-refractivity contribution in [3.63, 3.8) is 0 Å². The van der Waals surface area contributed by atoms with Crippen LogP contribution in [0.1, 0.15) is 27.2 Å². The van der Waals surface area contributed by atoms with E-state index in [9.17, 15) is 4.79 Å². The van der Waals surface area contributed by atoms with Crippen LogP contribution in [0.15, 0.2) is 41.4 Å². The van der Waals surface area contributed by atoms with Gasteiger partial charge in [0.15, 0.2) is 0 Å². The van der Waals surface area contributed by atoms with Crippen LogP contribution >= 0.6 is 11.8 Å². The molecule has 0 amide bonds. The number of hydrogen-bond donors (Lipinski definition) is 1. The highest BCUT2D eigenvalue weighted by Gasteiger charge is 2.03. The lowest BCUT2D eigenvalue weighted by Gasteiger charge is -2.04. The number of aryl methyl sites for hydroxylation is 2. The first-order chi connectivity index (χ1) is 9.04. The topological polar surface area (TPSA) is 50.2 Å². The summed E-state index contributed by atoms with van der Waals surface area (Å²) in [5.74, 6) is -0.106. The van der Waals surface area contributed by atoms with Crippen LogP contribution in [0.5, 0.6) is 0 Å². The first-order valence-corrected chi connectivity index (χ1v) is 6.93. The van der Waals surface area contributed by atoms with Gasteiger partial charge in [0.25, 0.3) is 0 Å². The Balaban J connectivity index is 2.03. The summed E-state index contributed by atoms with van der Waals surface area (Å²) in [4.78, 5) is 15.2. The molecule has 0 unspecified atom stereocenters. The van der Waals surface area contributed by atoms with Gasteiger partial charge >= 0.3 is 5.97 Å². The van der Waals surface area contributed by atoms with E-state index < -0.39 is 5.97 Å². The Kier molecular flexibility index (Phi) is 4.22. The highest BCUT2D eigenvalue weighted by molar-refractivity contribution is 7.98. The quantitative estimate of drug-likeness (QED) is 0.863. The highest BCUT2D eigenvalue weighted by Crippen LogP contribution is 2.22. The number of aromatic nitrogens is 1. The van der Waals surface area contributed by atoms with Crippen LogP contribution in [0.3, 0.4) is 0 Å². The Morgan fingerprint density at radius 2 is 1.89 bits per heavy atom. The van der Waals surface area contributed by atoms with E-state index in [4.69, 9.17) is 5.11 Å². The van der Waals surface area contributed by atoms with Gasteiger partial charge in [-0.3, -0.25) is 0 Å². The summed E-state index contributed by atoms with van der Waals surface area (Å²) in [6.45, 7) is 4.04.